The summed E-state index contributed by atoms with van der Waals surface area (Å²) in [6, 6.07) is -1.04. The molecule has 11 nitrogen and oxygen atoms in total. The number of allylic oxidation sites excluding steroid dienone is 13. The van der Waals surface area contributed by atoms with E-state index in [4.69, 9.17) is 14.2 Å². The molecule has 1 heterocycles. The van der Waals surface area contributed by atoms with Crippen LogP contribution in [0.25, 0.3) is 0 Å². The number of aliphatic hydroxyl groups is 5. The second-order valence-electron chi connectivity index (χ2n) is 18.3. The second kappa shape index (κ2) is 45.0. The fourth-order valence-electron chi connectivity index (χ4n) is 7.84. The smallest absolute Gasteiger partial charge is 0.306 e. The number of hydrogen-bond acceptors (Lipinski definition) is 10. The summed E-state index contributed by atoms with van der Waals surface area (Å²) in [7, 11) is 0. The Labute approximate surface area is 413 Å². The average molecular weight is 956 g/mol. The van der Waals surface area contributed by atoms with Gasteiger partial charge in [-0.05, 0) is 77.0 Å². The summed E-state index contributed by atoms with van der Waals surface area (Å²) in [6.07, 6.45) is 46.3. The quantitative estimate of drug-likeness (QED) is 0.0149. The van der Waals surface area contributed by atoms with Gasteiger partial charge in [-0.3, -0.25) is 9.59 Å². The first-order valence-corrected chi connectivity index (χ1v) is 26.9. The van der Waals surface area contributed by atoms with Crippen LogP contribution >= 0.6 is 0 Å². The Bertz CT molecular complexity index is 1420. The molecule has 1 amide bonds. The molecule has 1 fully saturated rings. The zero-order valence-electron chi connectivity index (χ0n) is 42.7. The molecule has 6 N–H and O–H groups in total. The van der Waals surface area contributed by atoms with Gasteiger partial charge in [-0.2, -0.15) is 0 Å². The highest BCUT2D eigenvalue weighted by molar-refractivity contribution is 5.80. The highest BCUT2D eigenvalue weighted by atomic mass is 16.7. The zero-order chi connectivity index (χ0) is 49.7. The molecule has 0 aromatic carbocycles. The molecule has 0 aromatic heterocycles. The lowest BCUT2D eigenvalue weighted by atomic mass is 9.99. The maximum absolute atomic E-state index is 13.3. The summed E-state index contributed by atoms with van der Waals surface area (Å²) < 4.78 is 17.5. The van der Waals surface area contributed by atoms with Crippen LogP contribution in [0.15, 0.2) is 85.1 Å². The van der Waals surface area contributed by atoms with Crippen molar-refractivity contribution < 1.29 is 49.3 Å². The Morgan fingerprint density at radius 1 is 0.603 bits per heavy atom. The van der Waals surface area contributed by atoms with E-state index in [9.17, 15) is 35.1 Å². The molecule has 8 atom stereocenters. The third kappa shape index (κ3) is 33.4. The third-order valence-corrected chi connectivity index (χ3v) is 12.1. The monoisotopic (exact) mass is 956 g/mol. The Morgan fingerprint density at radius 2 is 1.13 bits per heavy atom. The minimum Gasteiger partial charge on any atom is -0.454 e. The van der Waals surface area contributed by atoms with Gasteiger partial charge in [0, 0.05) is 6.42 Å². The summed E-state index contributed by atoms with van der Waals surface area (Å²) in [4.78, 5) is 26.4. The van der Waals surface area contributed by atoms with Gasteiger partial charge in [-0.25, -0.2) is 0 Å². The van der Waals surface area contributed by atoms with Crippen molar-refractivity contribution >= 4 is 11.9 Å². The lowest BCUT2D eigenvalue weighted by Crippen LogP contribution is -2.61. The predicted molar refractivity (Wildman–Crippen MR) is 278 cm³/mol. The van der Waals surface area contributed by atoms with Crippen LogP contribution in [0.3, 0.4) is 0 Å². The van der Waals surface area contributed by atoms with Crippen LogP contribution < -0.4 is 5.32 Å². The van der Waals surface area contributed by atoms with Gasteiger partial charge in [0.2, 0.25) is 5.91 Å². The highest BCUT2D eigenvalue weighted by Gasteiger charge is 2.47. The van der Waals surface area contributed by atoms with Gasteiger partial charge in [0.1, 0.15) is 24.4 Å². The van der Waals surface area contributed by atoms with Gasteiger partial charge >= 0.3 is 5.97 Å². The molecular weight excluding hydrogens is 859 g/mol. The molecule has 1 rings (SSSR count). The van der Waals surface area contributed by atoms with Gasteiger partial charge in [0.05, 0.1) is 25.4 Å². The van der Waals surface area contributed by atoms with Crippen LogP contribution in [-0.2, 0) is 23.8 Å². The predicted octanol–water partition coefficient (Wildman–Crippen LogP) is 11.4. The van der Waals surface area contributed by atoms with Crippen molar-refractivity contribution in [2.75, 3.05) is 13.2 Å². The van der Waals surface area contributed by atoms with Crippen LogP contribution in [0, 0.1) is 0 Å². The molecule has 0 aliphatic carbocycles. The van der Waals surface area contributed by atoms with Crippen LogP contribution in [0.2, 0.25) is 0 Å². The number of esters is 1. The molecule has 1 aliphatic heterocycles. The average Bonchev–Trinajstić information content (AvgIpc) is 3.33. The number of aliphatic hydroxyl groups excluding tert-OH is 5. The van der Waals surface area contributed by atoms with Gasteiger partial charge in [0.15, 0.2) is 12.4 Å². The fourth-order valence-corrected chi connectivity index (χ4v) is 7.84. The van der Waals surface area contributed by atoms with Gasteiger partial charge in [-0.1, -0.05) is 202 Å². The SMILES string of the molecule is CC/C=C/C=C/C=C\CCCCCCCC(=O)OC1C(OCC(NC(=O)C(O)CCCCC/C=C/C/C=C/C/C=C/CC)C(O)/C=C/CCCCCCCCCCCCC)OC(CO)C(O)C1O. The fraction of sp³-hybridized carbons (Fsp3) is 0.719. The summed E-state index contributed by atoms with van der Waals surface area (Å²) in [5.41, 5.74) is 0. The van der Waals surface area contributed by atoms with E-state index < -0.39 is 67.4 Å². The molecule has 1 saturated heterocycles. The lowest BCUT2D eigenvalue weighted by Gasteiger charge is -2.41. The van der Waals surface area contributed by atoms with Crippen molar-refractivity contribution in [1.82, 2.24) is 5.32 Å². The van der Waals surface area contributed by atoms with E-state index in [0.29, 0.717) is 12.8 Å². The number of hydrogen-bond donors (Lipinski definition) is 6. The van der Waals surface area contributed by atoms with Crippen molar-refractivity contribution in [3.8, 4) is 0 Å². The number of ether oxygens (including phenoxy) is 3. The van der Waals surface area contributed by atoms with E-state index in [2.05, 4.69) is 80.8 Å². The maximum atomic E-state index is 13.3. The number of amides is 1. The normalized spacial score (nSPS) is 20.6. The number of nitrogens with one attached hydrogen (secondary N) is 1. The molecule has 0 bridgehead atoms. The van der Waals surface area contributed by atoms with E-state index in [-0.39, 0.29) is 19.4 Å². The molecule has 0 spiro atoms. The molecule has 390 valence electrons. The lowest BCUT2D eigenvalue weighted by molar-refractivity contribution is -0.305. The van der Waals surface area contributed by atoms with Crippen molar-refractivity contribution in [3.63, 3.8) is 0 Å². The topological polar surface area (TPSA) is 175 Å². The highest BCUT2D eigenvalue weighted by Crippen LogP contribution is 2.26. The summed E-state index contributed by atoms with van der Waals surface area (Å²) in [5, 5.41) is 56.6. The van der Waals surface area contributed by atoms with Gasteiger partial charge < -0.3 is 45.1 Å². The molecule has 0 radical (unpaired) electrons. The summed E-state index contributed by atoms with van der Waals surface area (Å²) in [6.45, 7) is 5.48. The van der Waals surface area contributed by atoms with Crippen molar-refractivity contribution in [2.24, 2.45) is 0 Å². The molecule has 8 unspecified atom stereocenters. The van der Waals surface area contributed by atoms with E-state index in [0.717, 1.165) is 103 Å². The van der Waals surface area contributed by atoms with Crippen LogP contribution in [0.4, 0.5) is 0 Å². The summed E-state index contributed by atoms with van der Waals surface area (Å²) in [5.74, 6) is -1.25. The van der Waals surface area contributed by atoms with E-state index in [1.165, 1.54) is 51.4 Å². The Kier molecular flexibility index (Phi) is 41.6. The van der Waals surface area contributed by atoms with Crippen molar-refractivity contribution in [2.45, 2.75) is 250 Å². The number of unbranched alkanes of at least 4 members (excludes halogenated alkanes) is 19. The number of carbonyl (C=O) groups is 2. The van der Waals surface area contributed by atoms with Gasteiger partial charge in [-0.15, -0.1) is 0 Å². The van der Waals surface area contributed by atoms with Crippen molar-refractivity contribution in [1.29, 1.82) is 0 Å². The van der Waals surface area contributed by atoms with Crippen LogP contribution in [-0.4, -0.2) is 99.6 Å². The van der Waals surface area contributed by atoms with Crippen LogP contribution in [0.5, 0.6) is 0 Å². The maximum Gasteiger partial charge on any atom is 0.306 e. The summed E-state index contributed by atoms with van der Waals surface area (Å²) >= 11 is 0. The Morgan fingerprint density at radius 3 is 1.75 bits per heavy atom. The molecule has 11 heteroatoms. The van der Waals surface area contributed by atoms with E-state index in [1.807, 2.05) is 24.3 Å². The molecule has 0 aromatic rings. The van der Waals surface area contributed by atoms with Crippen LogP contribution in [0.1, 0.15) is 201 Å². The minimum atomic E-state index is -1.63. The first kappa shape index (κ1) is 62.9. The first-order chi connectivity index (χ1) is 33.2. The molecule has 0 saturated carbocycles. The molecular formula is C57H97NO10. The van der Waals surface area contributed by atoms with E-state index >= 15 is 0 Å². The largest absolute Gasteiger partial charge is 0.454 e. The van der Waals surface area contributed by atoms with Crippen molar-refractivity contribution in [3.05, 3.63) is 85.1 Å². The number of rotatable bonds is 43. The molecule has 68 heavy (non-hydrogen) atoms. The number of carbonyl (C=O) groups excluding carboxylic acids is 2. The zero-order valence-corrected chi connectivity index (χ0v) is 42.7. The Balaban J connectivity index is 2.81. The minimum absolute atomic E-state index is 0.0936. The molecule has 1 aliphatic rings. The standard InChI is InChI=1S/C57H97NO10/c1-4-7-10-13-16-19-22-25-28-31-34-37-40-43-49(60)48(58-56(65)50(61)44-41-38-35-32-29-26-23-20-17-14-11-8-5-2)47-66-57-55(54(64)53(63)51(46-59)67-57)68-52(62)45-42-39-36-33-30-27-24-21-18-15-12-9-6-3/h8-9,11-12,15,17-18,20-21,24,26,29,40,43,48-51,53-55,57,59-61,63-64H,4-7,10,13-14,16,19,22-23,25,27-28,30-39,41-42,44-47H2,1-3H3,(H,58,65)/b11-8+,12-9+,18-15+,20-17+,24-21-,29-26+,43-40+. The van der Waals surface area contributed by atoms with E-state index in [1.54, 1.807) is 6.08 Å². The Hall–Kier alpha value is -3.16. The third-order valence-electron chi connectivity index (χ3n) is 12.1. The second-order valence-corrected chi connectivity index (χ2v) is 18.3. The van der Waals surface area contributed by atoms with Gasteiger partial charge in [0.25, 0.3) is 0 Å². The first-order valence-electron chi connectivity index (χ1n) is 26.9.